The van der Waals surface area contributed by atoms with Gasteiger partial charge in [-0.2, -0.15) is 0 Å². The van der Waals surface area contributed by atoms with Crippen LogP contribution in [0.3, 0.4) is 0 Å². The fourth-order valence-corrected chi connectivity index (χ4v) is 5.80. The molecule has 0 amide bonds. The fraction of sp³-hybridized carbons (Fsp3) is 0.652. The van der Waals surface area contributed by atoms with Crippen LogP contribution in [0.2, 0.25) is 0 Å². The van der Waals surface area contributed by atoms with Crippen LogP contribution in [0.25, 0.3) is 0 Å². The molecule has 0 radical (unpaired) electrons. The number of quaternary nitrogens is 1. The van der Waals surface area contributed by atoms with Gasteiger partial charge in [0, 0.05) is 12.8 Å². The number of hydrogen-bond acceptors (Lipinski definition) is 8. The SMILES string of the molecule is CC/C=C\C/C=C\C/C=C\CCCCCCCC(=O)O[C@H](COC(=O)CCC/C=C\C/C=C\C/C=C\C/C=C\CCCCC)COP(=O)([O-])OCC[N+](C)(C)C. The third-order valence-corrected chi connectivity index (χ3v) is 9.36. The molecule has 0 N–H and O–H groups in total. The summed E-state index contributed by atoms with van der Waals surface area (Å²) in [6.45, 7) is 3.97. The van der Waals surface area contributed by atoms with Gasteiger partial charge in [-0.05, 0) is 83.5 Å². The summed E-state index contributed by atoms with van der Waals surface area (Å²) in [7, 11) is 1.11. The van der Waals surface area contributed by atoms with Gasteiger partial charge in [0.25, 0.3) is 7.82 Å². The Morgan fingerprint density at radius 2 is 1.04 bits per heavy atom. The Balaban J connectivity index is 4.52. The van der Waals surface area contributed by atoms with Crippen LogP contribution in [0.4, 0.5) is 0 Å². The van der Waals surface area contributed by atoms with Gasteiger partial charge in [0.1, 0.15) is 19.8 Å². The molecule has 0 aromatic carbocycles. The summed E-state index contributed by atoms with van der Waals surface area (Å²) in [4.78, 5) is 37.5. The second-order valence-corrected chi connectivity index (χ2v) is 16.4. The zero-order chi connectivity index (χ0) is 41.4. The first kappa shape index (κ1) is 53.2. The van der Waals surface area contributed by atoms with Gasteiger partial charge in [-0.1, -0.05) is 131 Å². The van der Waals surface area contributed by atoms with Gasteiger partial charge in [-0.3, -0.25) is 14.2 Å². The highest BCUT2D eigenvalue weighted by Gasteiger charge is 2.21. The molecule has 0 aromatic rings. The van der Waals surface area contributed by atoms with E-state index in [0.29, 0.717) is 23.9 Å². The number of nitrogens with zero attached hydrogens (tertiary/aromatic N) is 1. The Hall–Kier alpha value is -2.81. The molecule has 2 atom stereocenters. The van der Waals surface area contributed by atoms with Gasteiger partial charge >= 0.3 is 11.9 Å². The van der Waals surface area contributed by atoms with E-state index in [9.17, 15) is 19.0 Å². The third-order valence-electron chi connectivity index (χ3n) is 8.40. The van der Waals surface area contributed by atoms with E-state index in [1.54, 1.807) is 0 Å². The van der Waals surface area contributed by atoms with Crippen LogP contribution in [-0.4, -0.2) is 70.0 Å². The maximum atomic E-state index is 12.6. The van der Waals surface area contributed by atoms with Crippen LogP contribution in [0.5, 0.6) is 0 Å². The van der Waals surface area contributed by atoms with Crippen LogP contribution in [-0.2, 0) is 32.7 Å². The lowest BCUT2D eigenvalue weighted by atomic mass is 10.1. The van der Waals surface area contributed by atoms with Crippen LogP contribution in [0, 0.1) is 0 Å². The maximum absolute atomic E-state index is 12.6. The number of hydrogen-bond donors (Lipinski definition) is 0. The predicted molar refractivity (Wildman–Crippen MR) is 231 cm³/mol. The monoisotopic (exact) mass is 804 g/mol. The average Bonchev–Trinajstić information content (AvgIpc) is 3.15. The zero-order valence-electron chi connectivity index (χ0n) is 35.8. The normalized spacial score (nSPS) is 14.5. The molecule has 1 unspecified atom stereocenters. The van der Waals surface area contributed by atoms with Crippen molar-refractivity contribution >= 4 is 19.8 Å². The van der Waals surface area contributed by atoms with Crippen molar-refractivity contribution < 1.29 is 42.1 Å². The van der Waals surface area contributed by atoms with Crippen molar-refractivity contribution in [3.8, 4) is 0 Å². The molecule has 0 saturated heterocycles. The van der Waals surface area contributed by atoms with Crippen molar-refractivity contribution in [1.29, 1.82) is 0 Å². The smallest absolute Gasteiger partial charge is 0.306 e. The van der Waals surface area contributed by atoms with Crippen molar-refractivity contribution in [2.24, 2.45) is 0 Å². The third kappa shape index (κ3) is 40.8. The van der Waals surface area contributed by atoms with E-state index in [2.05, 4.69) is 92.8 Å². The minimum Gasteiger partial charge on any atom is -0.756 e. The Labute approximate surface area is 341 Å². The number of phosphoric ester groups is 1. The molecule has 0 spiro atoms. The van der Waals surface area contributed by atoms with Crippen molar-refractivity contribution in [2.75, 3.05) is 47.5 Å². The molecule has 0 aliphatic rings. The van der Waals surface area contributed by atoms with Crippen molar-refractivity contribution in [3.05, 3.63) is 85.1 Å². The summed E-state index contributed by atoms with van der Waals surface area (Å²) >= 11 is 0. The number of ether oxygens (including phenoxy) is 2. The minimum absolute atomic E-state index is 0.0476. The van der Waals surface area contributed by atoms with E-state index in [0.717, 1.165) is 77.0 Å². The number of unbranched alkanes of at least 4 members (excludes halogenated alkanes) is 9. The van der Waals surface area contributed by atoms with Crippen LogP contribution in [0.15, 0.2) is 85.1 Å². The first-order chi connectivity index (χ1) is 27.0. The van der Waals surface area contributed by atoms with Gasteiger partial charge in [0.15, 0.2) is 6.10 Å². The summed E-state index contributed by atoms with van der Waals surface area (Å²) < 4.78 is 33.8. The van der Waals surface area contributed by atoms with Gasteiger partial charge < -0.3 is 27.9 Å². The lowest BCUT2D eigenvalue weighted by molar-refractivity contribution is -0.870. The molecule has 10 heteroatoms. The second-order valence-electron chi connectivity index (χ2n) is 15.0. The van der Waals surface area contributed by atoms with E-state index in [1.165, 1.54) is 25.7 Å². The summed E-state index contributed by atoms with van der Waals surface area (Å²) in [6, 6.07) is 0. The molecule has 0 aliphatic heterocycles. The van der Waals surface area contributed by atoms with E-state index in [-0.39, 0.29) is 26.1 Å². The number of likely N-dealkylation sites (N-methyl/N-ethyl adjacent to an activating group) is 1. The number of esters is 2. The molecule has 320 valence electrons. The van der Waals surface area contributed by atoms with E-state index < -0.39 is 32.5 Å². The zero-order valence-corrected chi connectivity index (χ0v) is 36.7. The molecule has 0 heterocycles. The standard InChI is InChI=1S/C46H78NO8P/c1-6-8-10-12-14-16-18-20-22-23-25-26-28-30-32-34-36-38-45(48)52-42-44(43-54-56(50,51)53-41-40-47(3,4)5)55-46(49)39-37-35-33-31-29-27-24-21-19-17-15-13-11-9-7-2/h9,11,14-17,20-22,24-26,30,32,44H,6-8,10,12-13,18-19,23,27-29,31,33-43H2,1-5H3/b11-9-,16-14-,17-15-,22-20-,24-21-,26-25-,32-30-/t44-/m1/s1. The summed E-state index contributed by atoms with van der Waals surface area (Å²) in [5, 5.41) is 0. The highest BCUT2D eigenvalue weighted by atomic mass is 31.2. The van der Waals surface area contributed by atoms with E-state index >= 15 is 0 Å². The lowest BCUT2D eigenvalue weighted by Crippen LogP contribution is -2.37. The van der Waals surface area contributed by atoms with Crippen LogP contribution < -0.4 is 4.89 Å². The molecular weight excluding hydrogens is 725 g/mol. The molecular formula is C46H78NO8P. The van der Waals surface area contributed by atoms with Crippen molar-refractivity contribution in [3.63, 3.8) is 0 Å². The summed E-state index contributed by atoms with van der Waals surface area (Å²) in [5.41, 5.74) is 0. The van der Waals surface area contributed by atoms with Crippen molar-refractivity contribution in [1.82, 2.24) is 0 Å². The minimum atomic E-state index is -4.65. The molecule has 0 aromatic heterocycles. The topological polar surface area (TPSA) is 111 Å². The number of rotatable bonds is 37. The number of carbonyl (C=O) groups excluding carboxylic acids is 2. The summed E-state index contributed by atoms with van der Waals surface area (Å²) in [6.07, 6.45) is 47.6. The Morgan fingerprint density at radius 1 is 0.571 bits per heavy atom. The molecule has 0 rings (SSSR count). The van der Waals surface area contributed by atoms with Gasteiger partial charge in [0.2, 0.25) is 0 Å². The van der Waals surface area contributed by atoms with Gasteiger partial charge in [-0.15, -0.1) is 0 Å². The molecule has 0 saturated carbocycles. The molecule has 0 bridgehead atoms. The Bertz CT molecular complexity index is 1230. The lowest BCUT2D eigenvalue weighted by Gasteiger charge is -2.28. The number of allylic oxidation sites excluding steroid dienone is 14. The first-order valence-electron chi connectivity index (χ1n) is 21.3. The van der Waals surface area contributed by atoms with E-state index in [4.69, 9.17) is 18.5 Å². The fourth-order valence-electron chi connectivity index (χ4n) is 5.07. The van der Waals surface area contributed by atoms with Crippen LogP contribution >= 0.6 is 7.82 Å². The molecule has 56 heavy (non-hydrogen) atoms. The molecule has 9 nitrogen and oxygen atoms in total. The second kappa shape index (κ2) is 37.7. The summed E-state index contributed by atoms with van der Waals surface area (Å²) in [5.74, 6) is -0.930. The first-order valence-corrected chi connectivity index (χ1v) is 22.8. The largest absolute Gasteiger partial charge is 0.756 e. The van der Waals surface area contributed by atoms with Crippen molar-refractivity contribution in [2.45, 2.75) is 148 Å². The predicted octanol–water partition coefficient (Wildman–Crippen LogP) is 11.4. The number of phosphoric acid groups is 1. The van der Waals surface area contributed by atoms with Gasteiger partial charge in [-0.25, -0.2) is 0 Å². The highest BCUT2D eigenvalue weighted by molar-refractivity contribution is 7.45. The Morgan fingerprint density at radius 3 is 1.57 bits per heavy atom. The highest BCUT2D eigenvalue weighted by Crippen LogP contribution is 2.38. The van der Waals surface area contributed by atoms with Crippen LogP contribution in [0.1, 0.15) is 142 Å². The Kier molecular flexibility index (Phi) is 35.9. The number of carbonyl (C=O) groups is 2. The molecule has 0 fully saturated rings. The molecule has 0 aliphatic carbocycles. The average molecular weight is 804 g/mol. The van der Waals surface area contributed by atoms with E-state index in [1.807, 2.05) is 27.2 Å². The maximum Gasteiger partial charge on any atom is 0.306 e. The quantitative estimate of drug-likeness (QED) is 0.0201. The van der Waals surface area contributed by atoms with Gasteiger partial charge in [0.05, 0.1) is 27.7 Å².